The number of aromatic nitrogens is 4. The van der Waals surface area contributed by atoms with Crippen molar-refractivity contribution in [2.45, 2.75) is 20.0 Å². The summed E-state index contributed by atoms with van der Waals surface area (Å²) in [4.78, 5) is 10.8. The first-order chi connectivity index (χ1) is 9.85. The Kier molecular flexibility index (Phi) is 3.69. The molecule has 0 spiro atoms. The Hall–Kier alpha value is -2.27. The molecular formula is C15H17N5. The standard InChI is InChI=1S/C15H17N5/c1-2-19(11-14-4-3-6-16-9-14)10-13-5-7-20-15(8-13)17-12-18-20/h3-9,12H,2,10-11H2,1H3. The highest BCUT2D eigenvalue weighted by Gasteiger charge is 2.06. The van der Waals surface area contributed by atoms with Gasteiger partial charge in [0.15, 0.2) is 5.65 Å². The Balaban J connectivity index is 1.73. The molecule has 0 aliphatic rings. The molecule has 0 aromatic carbocycles. The summed E-state index contributed by atoms with van der Waals surface area (Å²) < 4.78 is 1.78. The molecule has 0 unspecified atom stereocenters. The predicted octanol–water partition coefficient (Wildman–Crippen LogP) is 2.15. The van der Waals surface area contributed by atoms with E-state index in [1.165, 1.54) is 11.1 Å². The minimum absolute atomic E-state index is 0.889. The fourth-order valence-electron chi connectivity index (χ4n) is 2.24. The van der Waals surface area contributed by atoms with Crippen LogP contribution in [0.25, 0.3) is 5.65 Å². The summed E-state index contributed by atoms with van der Waals surface area (Å²) in [6, 6.07) is 8.26. The maximum atomic E-state index is 4.22. The Morgan fingerprint density at radius 1 is 1.20 bits per heavy atom. The smallest absolute Gasteiger partial charge is 0.155 e. The molecule has 5 heteroatoms. The van der Waals surface area contributed by atoms with Crippen LogP contribution in [0.3, 0.4) is 0 Å². The molecule has 0 amide bonds. The SMILES string of the molecule is CCN(Cc1cccnc1)Cc1ccn2ncnc2c1. The third kappa shape index (κ3) is 2.83. The van der Waals surface area contributed by atoms with Gasteiger partial charge in [0.1, 0.15) is 6.33 Å². The molecule has 0 atom stereocenters. The minimum atomic E-state index is 0.889. The first-order valence-electron chi connectivity index (χ1n) is 6.74. The zero-order valence-corrected chi connectivity index (χ0v) is 11.5. The molecule has 102 valence electrons. The number of fused-ring (bicyclic) bond motifs is 1. The summed E-state index contributed by atoms with van der Waals surface area (Å²) in [7, 11) is 0. The predicted molar refractivity (Wildman–Crippen MR) is 77.0 cm³/mol. The summed E-state index contributed by atoms with van der Waals surface area (Å²) in [5, 5.41) is 4.11. The van der Waals surface area contributed by atoms with Crippen molar-refractivity contribution in [3.05, 3.63) is 60.3 Å². The van der Waals surface area contributed by atoms with Crippen molar-refractivity contribution >= 4 is 5.65 Å². The van der Waals surface area contributed by atoms with Gasteiger partial charge in [0.2, 0.25) is 0 Å². The van der Waals surface area contributed by atoms with Crippen LogP contribution in [0, 0.1) is 0 Å². The van der Waals surface area contributed by atoms with Gasteiger partial charge in [-0.15, -0.1) is 0 Å². The summed E-state index contributed by atoms with van der Waals surface area (Å²) >= 11 is 0. The van der Waals surface area contributed by atoms with Crippen LogP contribution in [-0.2, 0) is 13.1 Å². The van der Waals surface area contributed by atoms with E-state index in [4.69, 9.17) is 0 Å². The molecule has 3 aromatic heterocycles. The zero-order chi connectivity index (χ0) is 13.8. The molecule has 3 aromatic rings. The lowest BCUT2D eigenvalue weighted by Gasteiger charge is -2.20. The Labute approximate surface area is 117 Å². The molecule has 5 nitrogen and oxygen atoms in total. The molecule has 3 heterocycles. The normalized spacial score (nSPS) is 11.3. The number of hydrogen-bond acceptors (Lipinski definition) is 4. The van der Waals surface area contributed by atoms with Crippen LogP contribution in [-0.4, -0.2) is 31.0 Å². The first kappa shape index (κ1) is 12.7. The molecule has 0 aliphatic heterocycles. The van der Waals surface area contributed by atoms with Crippen molar-refractivity contribution < 1.29 is 0 Å². The van der Waals surface area contributed by atoms with Crippen molar-refractivity contribution in [2.24, 2.45) is 0 Å². The van der Waals surface area contributed by atoms with Crippen LogP contribution in [0.1, 0.15) is 18.1 Å². The third-order valence-corrected chi connectivity index (χ3v) is 3.33. The van der Waals surface area contributed by atoms with Gasteiger partial charge < -0.3 is 0 Å². The van der Waals surface area contributed by atoms with E-state index in [9.17, 15) is 0 Å². The van der Waals surface area contributed by atoms with Crippen LogP contribution >= 0.6 is 0 Å². The van der Waals surface area contributed by atoms with Crippen LogP contribution in [0.5, 0.6) is 0 Å². The van der Waals surface area contributed by atoms with E-state index in [1.807, 2.05) is 18.5 Å². The summed E-state index contributed by atoms with van der Waals surface area (Å²) in [6.07, 6.45) is 7.26. The van der Waals surface area contributed by atoms with Gasteiger partial charge in [-0.05, 0) is 35.9 Å². The highest BCUT2D eigenvalue weighted by molar-refractivity contribution is 5.39. The number of nitrogens with zero attached hydrogens (tertiary/aromatic N) is 5. The maximum absolute atomic E-state index is 4.22. The van der Waals surface area contributed by atoms with Crippen molar-refractivity contribution in [2.75, 3.05) is 6.54 Å². The number of rotatable bonds is 5. The molecule has 0 aliphatic carbocycles. The van der Waals surface area contributed by atoms with Crippen molar-refractivity contribution in [1.29, 1.82) is 0 Å². The van der Waals surface area contributed by atoms with Gasteiger partial charge in [-0.25, -0.2) is 9.50 Å². The van der Waals surface area contributed by atoms with Gasteiger partial charge in [-0.2, -0.15) is 5.10 Å². The molecule has 0 saturated heterocycles. The molecule has 20 heavy (non-hydrogen) atoms. The van der Waals surface area contributed by atoms with E-state index in [0.717, 1.165) is 25.3 Å². The van der Waals surface area contributed by atoms with E-state index >= 15 is 0 Å². The summed E-state index contributed by atoms with van der Waals surface area (Å²) in [5.41, 5.74) is 3.37. The molecule has 0 fully saturated rings. The molecule has 0 saturated carbocycles. The second-order valence-corrected chi connectivity index (χ2v) is 4.76. The molecule has 3 rings (SSSR count). The lowest BCUT2D eigenvalue weighted by Crippen LogP contribution is -2.22. The quantitative estimate of drug-likeness (QED) is 0.710. The highest BCUT2D eigenvalue weighted by atomic mass is 15.3. The minimum Gasteiger partial charge on any atom is -0.295 e. The lowest BCUT2D eigenvalue weighted by molar-refractivity contribution is 0.271. The molecular weight excluding hydrogens is 250 g/mol. The largest absolute Gasteiger partial charge is 0.295 e. The fourth-order valence-corrected chi connectivity index (χ4v) is 2.24. The van der Waals surface area contributed by atoms with Crippen LogP contribution in [0.4, 0.5) is 0 Å². The van der Waals surface area contributed by atoms with E-state index in [1.54, 1.807) is 17.0 Å². The van der Waals surface area contributed by atoms with Gasteiger partial charge in [-0.3, -0.25) is 9.88 Å². The highest BCUT2D eigenvalue weighted by Crippen LogP contribution is 2.10. The van der Waals surface area contributed by atoms with Crippen molar-refractivity contribution in [3.8, 4) is 0 Å². The van der Waals surface area contributed by atoms with Gasteiger partial charge >= 0.3 is 0 Å². The van der Waals surface area contributed by atoms with Crippen molar-refractivity contribution in [1.82, 2.24) is 24.5 Å². The molecule has 0 radical (unpaired) electrons. The van der Waals surface area contributed by atoms with Crippen LogP contribution < -0.4 is 0 Å². The van der Waals surface area contributed by atoms with E-state index in [2.05, 4.69) is 45.1 Å². The third-order valence-electron chi connectivity index (χ3n) is 3.33. The van der Waals surface area contributed by atoms with Crippen LogP contribution in [0.2, 0.25) is 0 Å². The number of hydrogen-bond donors (Lipinski definition) is 0. The Morgan fingerprint density at radius 3 is 2.90 bits per heavy atom. The van der Waals surface area contributed by atoms with Crippen LogP contribution in [0.15, 0.2) is 49.2 Å². The second-order valence-electron chi connectivity index (χ2n) is 4.76. The van der Waals surface area contributed by atoms with Gasteiger partial charge in [-0.1, -0.05) is 13.0 Å². The average Bonchev–Trinajstić information content (AvgIpc) is 2.95. The maximum Gasteiger partial charge on any atom is 0.155 e. The summed E-state index contributed by atoms with van der Waals surface area (Å²) in [6.45, 7) is 4.97. The lowest BCUT2D eigenvalue weighted by atomic mass is 10.2. The molecule has 0 N–H and O–H groups in total. The Morgan fingerprint density at radius 2 is 2.10 bits per heavy atom. The van der Waals surface area contributed by atoms with E-state index < -0.39 is 0 Å². The zero-order valence-electron chi connectivity index (χ0n) is 11.5. The van der Waals surface area contributed by atoms with Gasteiger partial charge in [0.25, 0.3) is 0 Å². The second kappa shape index (κ2) is 5.79. The van der Waals surface area contributed by atoms with Crippen molar-refractivity contribution in [3.63, 3.8) is 0 Å². The van der Waals surface area contributed by atoms with Gasteiger partial charge in [0, 0.05) is 31.7 Å². The van der Waals surface area contributed by atoms with E-state index in [0.29, 0.717) is 0 Å². The monoisotopic (exact) mass is 267 g/mol. The average molecular weight is 267 g/mol. The van der Waals surface area contributed by atoms with E-state index in [-0.39, 0.29) is 0 Å². The summed E-state index contributed by atoms with van der Waals surface area (Å²) in [5.74, 6) is 0. The number of pyridine rings is 2. The fraction of sp³-hybridized carbons (Fsp3) is 0.267. The molecule has 0 bridgehead atoms. The topological polar surface area (TPSA) is 46.3 Å². The first-order valence-corrected chi connectivity index (χ1v) is 6.74. The van der Waals surface area contributed by atoms with Gasteiger partial charge in [0.05, 0.1) is 0 Å². The Bertz CT molecular complexity index is 677.